The molecule has 0 saturated heterocycles. The highest BCUT2D eigenvalue weighted by molar-refractivity contribution is 5.70. The Morgan fingerprint density at radius 1 is 0.519 bits per heavy atom. The van der Waals surface area contributed by atoms with Gasteiger partial charge in [0.1, 0.15) is 13.2 Å². The second-order valence-corrected chi connectivity index (χ2v) is 14.5. The third-order valence-electron chi connectivity index (χ3n) is 9.43. The molecule has 0 radical (unpaired) electrons. The number of allylic oxidation sites excluding steroid dienone is 2. The molecule has 0 heterocycles. The van der Waals surface area contributed by atoms with Crippen LogP contribution in [-0.4, -0.2) is 49.6 Å². The van der Waals surface area contributed by atoms with Crippen LogP contribution < -0.4 is 5.73 Å². The lowest BCUT2D eigenvalue weighted by Crippen LogP contribution is -2.44. The maximum Gasteiger partial charge on any atom is 0.307 e. The van der Waals surface area contributed by atoms with Gasteiger partial charge in [0, 0.05) is 38.7 Å². The van der Waals surface area contributed by atoms with Gasteiger partial charge in [-0.2, -0.15) is 0 Å². The van der Waals surface area contributed by atoms with Gasteiger partial charge in [0.25, 0.3) is 0 Å². The molecule has 0 fully saturated rings. The normalized spacial score (nSPS) is 12.5. The molecule has 8 heteroatoms. The molecular formula is C44H81NO7. The molecule has 0 aromatic rings. The molecule has 0 aromatic carbocycles. The van der Waals surface area contributed by atoms with Gasteiger partial charge in [0.2, 0.25) is 0 Å². The largest absolute Gasteiger partial charge is 0.461 e. The third-order valence-corrected chi connectivity index (χ3v) is 9.43. The number of esters is 3. The molecule has 1 atom stereocenters. The summed E-state index contributed by atoms with van der Waals surface area (Å²) in [5.41, 5.74) is 5.79. The van der Waals surface area contributed by atoms with Crippen molar-refractivity contribution in [3.8, 4) is 0 Å². The Morgan fingerprint density at radius 2 is 0.981 bits per heavy atom. The fourth-order valence-corrected chi connectivity index (χ4v) is 6.28. The van der Waals surface area contributed by atoms with Crippen LogP contribution in [-0.2, 0) is 33.3 Å². The Morgan fingerprint density at radius 3 is 1.44 bits per heavy atom. The molecule has 304 valence electrons. The van der Waals surface area contributed by atoms with E-state index < -0.39 is 5.72 Å². The second kappa shape index (κ2) is 37.1. The summed E-state index contributed by atoms with van der Waals surface area (Å²) in [6, 6.07) is 0. The molecule has 0 aliphatic rings. The van der Waals surface area contributed by atoms with Crippen molar-refractivity contribution in [3.63, 3.8) is 0 Å². The molecule has 0 saturated carbocycles. The van der Waals surface area contributed by atoms with Crippen molar-refractivity contribution in [3.05, 3.63) is 24.3 Å². The lowest BCUT2D eigenvalue weighted by atomic mass is 9.97. The van der Waals surface area contributed by atoms with E-state index in [2.05, 4.69) is 32.9 Å². The molecule has 8 nitrogen and oxygen atoms in total. The number of hydrogen-bond donors (Lipinski definition) is 1. The number of rotatable bonds is 38. The quantitative estimate of drug-likeness (QED) is 0.0219. The maximum absolute atomic E-state index is 12.9. The van der Waals surface area contributed by atoms with Crippen molar-refractivity contribution >= 4 is 17.9 Å². The topological polar surface area (TPSA) is 114 Å². The summed E-state index contributed by atoms with van der Waals surface area (Å²) in [7, 11) is 0. The molecule has 52 heavy (non-hydrogen) atoms. The molecular weight excluding hydrogens is 654 g/mol. The van der Waals surface area contributed by atoms with E-state index >= 15 is 0 Å². The van der Waals surface area contributed by atoms with Crippen LogP contribution in [0.1, 0.15) is 207 Å². The van der Waals surface area contributed by atoms with E-state index in [4.69, 9.17) is 24.7 Å². The molecule has 0 aromatic heterocycles. The van der Waals surface area contributed by atoms with E-state index in [9.17, 15) is 14.4 Å². The first-order valence-corrected chi connectivity index (χ1v) is 21.5. The Hall–Kier alpha value is -2.19. The van der Waals surface area contributed by atoms with E-state index in [1.807, 2.05) is 19.1 Å². The number of hydrogen-bond acceptors (Lipinski definition) is 8. The summed E-state index contributed by atoms with van der Waals surface area (Å²) in [4.78, 5) is 37.0. The zero-order valence-electron chi connectivity index (χ0n) is 34.2. The first kappa shape index (κ1) is 49.8. The summed E-state index contributed by atoms with van der Waals surface area (Å²) >= 11 is 0. The van der Waals surface area contributed by atoms with Crippen LogP contribution in [0.4, 0.5) is 0 Å². The van der Waals surface area contributed by atoms with Crippen LogP contribution in [0.5, 0.6) is 0 Å². The molecule has 0 aliphatic carbocycles. The van der Waals surface area contributed by atoms with Gasteiger partial charge in [-0.3, -0.25) is 20.1 Å². The number of carbonyl (C=O) groups excluding carboxylic acids is 3. The lowest BCUT2D eigenvalue weighted by molar-refractivity contribution is -0.162. The van der Waals surface area contributed by atoms with Gasteiger partial charge in [-0.25, -0.2) is 0 Å². The van der Waals surface area contributed by atoms with Crippen molar-refractivity contribution < 1.29 is 33.3 Å². The van der Waals surface area contributed by atoms with Crippen LogP contribution in [0.3, 0.4) is 0 Å². The van der Waals surface area contributed by atoms with E-state index in [0.29, 0.717) is 58.3 Å². The fraction of sp³-hybridized carbons (Fsp3) is 0.841. The summed E-state index contributed by atoms with van der Waals surface area (Å²) in [5.74, 6) is -0.520. The predicted octanol–water partition coefficient (Wildman–Crippen LogP) is 11.8. The minimum atomic E-state index is -0.983. The van der Waals surface area contributed by atoms with Crippen LogP contribution in [0.15, 0.2) is 24.3 Å². The smallest absolute Gasteiger partial charge is 0.307 e. The monoisotopic (exact) mass is 736 g/mol. The van der Waals surface area contributed by atoms with Crippen molar-refractivity contribution in [1.29, 1.82) is 0 Å². The summed E-state index contributed by atoms with van der Waals surface area (Å²) < 4.78 is 22.4. The van der Waals surface area contributed by atoms with E-state index in [1.165, 1.54) is 51.4 Å². The number of unbranched alkanes of at least 4 members (excludes halogenated alkanes) is 16. The Labute approximate surface area is 319 Å². The van der Waals surface area contributed by atoms with Crippen molar-refractivity contribution in [2.24, 2.45) is 5.73 Å². The van der Waals surface area contributed by atoms with Crippen LogP contribution in [0.2, 0.25) is 0 Å². The van der Waals surface area contributed by atoms with Crippen molar-refractivity contribution in [2.75, 3.05) is 19.8 Å². The van der Waals surface area contributed by atoms with Crippen molar-refractivity contribution in [1.82, 2.24) is 0 Å². The highest BCUT2D eigenvalue weighted by Crippen LogP contribution is 2.24. The molecule has 1 unspecified atom stereocenters. The fourth-order valence-electron chi connectivity index (χ4n) is 6.28. The van der Waals surface area contributed by atoms with E-state index in [0.717, 1.165) is 89.9 Å². The number of carbonyl (C=O) groups is 3. The molecule has 0 spiro atoms. The van der Waals surface area contributed by atoms with Gasteiger partial charge in [0.15, 0.2) is 5.72 Å². The van der Waals surface area contributed by atoms with Crippen LogP contribution >= 0.6 is 0 Å². The summed E-state index contributed by atoms with van der Waals surface area (Å²) in [6.45, 7) is 9.88. The Bertz CT molecular complexity index is 845. The average Bonchev–Trinajstić information content (AvgIpc) is 3.12. The van der Waals surface area contributed by atoms with Gasteiger partial charge in [0.05, 0.1) is 6.10 Å². The summed E-state index contributed by atoms with van der Waals surface area (Å²) in [6.07, 6.45) is 34.5. The predicted molar refractivity (Wildman–Crippen MR) is 215 cm³/mol. The standard InChI is InChI=1S/C44H81NO7/c1-5-9-11-13-15-23-29-38-50-41(46)32-25-19-17-21-27-36-44(45,52-43(48)35-34-40(31-7-3)49-8-4)37-28-22-18-20-26-33-42(47)51-39-30-24-16-14-12-10-6-2/h23-24,29-30,40H,5-22,25-28,31-39,45H2,1-4H3/b29-23+,30-24+. The molecule has 0 bridgehead atoms. The van der Waals surface area contributed by atoms with Crippen LogP contribution in [0.25, 0.3) is 0 Å². The molecule has 2 N–H and O–H groups in total. The third kappa shape index (κ3) is 33.6. The zero-order valence-corrected chi connectivity index (χ0v) is 34.2. The summed E-state index contributed by atoms with van der Waals surface area (Å²) in [5, 5.41) is 0. The van der Waals surface area contributed by atoms with Gasteiger partial charge in [-0.05, 0) is 71.1 Å². The minimum Gasteiger partial charge on any atom is -0.461 e. The molecule has 0 aliphatic heterocycles. The highest BCUT2D eigenvalue weighted by Gasteiger charge is 2.29. The SMILES string of the molecule is CCCCCC/C=C/COC(=O)CCCCCCCC(N)(CCCCCCCC(=O)OC/C=C/CCCCCC)OC(=O)CCC(CCC)OCC. The Balaban J connectivity index is 4.47. The van der Waals surface area contributed by atoms with Crippen LogP contribution in [0, 0.1) is 0 Å². The van der Waals surface area contributed by atoms with Gasteiger partial charge >= 0.3 is 17.9 Å². The maximum atomic E-state index is 12.9. The van der Waals surface area contributed by atoms with E-state index in [1.54, 1.807) is 0 Å². The second-order valence-electron chi connectivity index (χ2n) is 14.5. The Kier molecular flexibility index (Phi) is 35.6. The number of ether oxygens (including phenoxy) is 4. The van der Waals surface area contributed by atoms with E-state index in [-0.39, 0.29) is 24.0 Å². The van der Waals surface area contributed by atoms with Gasteiger partial charge in [-0.1, -0.05) is 129 Å². The minimum absolute atomic E-state index is 0.0675. The van der Waals surface area contributed by atoms with Gasteiger partial charge in [-0.15, -0.1) is 0 Å². The number of nitrogens with two attached hydrogens (primary N) is 1. The lowest BCUT2D eigenvalue weighted by Gasteiger charge is -2.30. The molecule has 0 amide bonds. The van der Waals surface area contributed by atoms with Gasteiger partial charge < -0.3 is 18.9 Å². The average molecular weight is 736 g/mol. The first-order valence-electron chi connectivity index (χ1n) is 21.5. The zero-order chi connectivity index (χ0) is 38.4. The highest BCUT2D eigenvalue weighted by atomic mass is 16.6. The van der Waals surface area contributed by atoms with Crippen molar-refractivity contribution in [2.45, 2.75) is 219 Å². The first-order chi connectivity index (χ1) is 25.3. The molecule has 0 rings (SSSR count).